The van der Waals surface area contributed by atoms with Crippen LogP contribution in [0.4, 0.5) is 4.39 Å². The van der Waals surface area contributed by atoms with Gasteiger partial charge in [-0.05, 0) is 48.1 Å². The van der Waals surface area contributed by atoms with E-state index in [1.807, 2.05) is 74.5 Å². The van der Waals surface area contributed by atoms with Crippen LogP contribution in [0.3, 0.4) is 0 Å². The Morgan fingerprint density at radius 1 is 1.03 bits per heavy atom. The first kappa shape index (κ1) is 19.6. The monoisotopic (exact) mass is 387 g/mol. The highest BCUT2D eigenvalue weighted by atomic mass is 19.1. The average Bonchev–Trinajstić information content (AvgIpc) is 3.17. The summed E-state index contributed by atoms with van der Waals surface area (Å²) in [5.41, 5.74) is 3.01. The third-order valence-corrected chi connectivity index (χ3v) is 5.28. The number of rotatable bonds is 5. The molecule has 0 amide bonds. The zero-order valence-electron chi connectivity index (χ0n) is 16.6. The largest absolute Gasteiger partial charge is 0.495 e. The van der Waals surface area contributed by atoms with Gasteiger partial charge in [0.25, 0.3) is 0 Å². The lowest BCUT2D eigenvalue weighted by Gasteiger charge is -2.23. The van der Waals surface area contributed by atoms with Gasteiger partial charge in [-0.1, -0.05) is 66.7 Å². The summed E-state index contributed by atoms with van der Waals surface area (Å²) in [5.74, 6) is -0.325. The lowest BCUT2D eigenvalue weighted by atomic mass is 9.76. The Morgan fingerprint density at radius 2 is 1.72 bits per heavy atom. The van der Waals surface area contributed by atoms with Gasteiger partial charge in [0.05, 0.1) is 18.2 Å². The molecule has 2 atom stereocenters. The highest BCUT2D eigenvalue weighted by Gasteiger charge is 2.43. The minimum absolute atomic E-state index is 0.00546. The van der Waals surface area contributed by atoms with Crippen LogP contribution in [0.1, 0.15) is 36.6 Å². The topological polar surface area (TPSA) is 30.8 Å². The molecule has 1 aliphatic heterocycles. The molecule has 146 valence electrons. The molecule has 29 heavy (non-hydrogen) atoms. The van der Waals surface area contributed by atoms with Gasteiger partial charge in [0, 0.05) is 6.21 Å². The summed E-state index contributed by atoms with van der Waals surface area (Å²) in [6.45, 7) is 4.42. The van der Waals surface area contributed by atoms with Crippen LogP contribution in [0.15, 0.2) is 83.9 Å². The molecule has 0 bridgehead atoms. The van der Waals surface area contributed by atoms with Crippen LogP contribution < -0.4 is 5.46 Å². The smallest absolute Gasteiger partial charge is 0.404 e. The molecule has 0 aromatic heterocycles. The Bertz CT molecular complexity index is 996. The van der Waals surface area contributed by atoms with Crippen molar-refractivity contribution in [2.75, 3.05) is 6.61 Å². The first-order valence-electron chi connectivity index (χ1n) is 9.78. The van der Waals surface area contributed by atoms with E-state index in [0.29, 0.717) is 12.1 Å². The number of hydrogen-bond donors (Lipinski definition) is 0. The molecule has 0 saturated carbocycles. The highest BCUT2D eigenvalue weighted by Crippen LogP contribution is 2.31. The summed E-state index contributed by atoms with van der Waals surface area (Å²) in [7, 11) is -0.649. The molecule has 1 fully saturated rings. The van der Waals surface area contributed by atoms with Gasteiger partial charge < -0.3 is 9.31 Å². The fraction of sp³-hybridized carbons (Fsp3) is 0.208. The predicted molar refractivity (Wildman–Crippen MR) is 115 cm³/mol. The van der Waals surface area contributed by atoms with Crippen molar-refractivity contribution in [1.82, 2.24) is 0 Å². The van der Waals surface area contributed by atoms with E-state index in [2.05, 4.69) is 4.99 Å². The van der Waals surface area contributed by atoms with E-state index >= 15 is 0 Å². The van der Waals surface area contributed by atoms with Crippen molar-refractivity contribution in [2.45, 2.75) is 25.5 Å². The fourth-order valence-corrected chi connectivity index (χ4v) is 3.51. The van der Waals surface area contributed by atoms with Crippen LogP contribution in [-0.2, 0) is 14.9 Å². The summed E-state index contributed by atoms with van der Waals surface area (Å²) < 4.78 is 26.2. The first-order valence-corrected chi connectivity index (χ1v) is 9.78. The molecule has 1 heterocycles. The molecule has 0 radical (unpaired) electrons. The van der Waals surface area contributed by atoms with Crippen LogP contribution >= 0.6 is 0 Å². The lowest BCUT2D eigenvalue weighted by molar-refractivity contribution is 0.114. The molecule has 1 saturated heterocycles. The maximum atomic E-state index is 14.0. The van der Waals surface area contributed by atoms with Crippen LogP contribution in [0.5, 0.6) is 0 Å². The molecule has 3 aromatic carbocycles. The lowest BCUT2D eigenvalue weighted by Crippen LogP contribution is -2.37. The van der Waals surface area contributed by atoms with Crippen molar-refractivity contribution < 1.29 is 13.7 Å². The van der Waals surface area contributed by atoms with Gasteiger partial charge in [0.2, 0.25) is 0 Å². The van der Waals surface area contributed by atoms with Crippen molar-refractivity contribution in [3.63, 3.8) is 0 Å². The van der Waals surface area contributed by atoms with E-state index in [1.165, 1.54) is 12.1 Å². The van der Waals surface area contributed by atoms with Gasteiger partial charge in [0.1, 0.15) is 5.82 Å². The first-order chi connectivity index (χ1) is 14.0. The molecule has 3 aromatic rings. The number of nitrogens with zero attached hydrogens (tertiary/aromatic N) is 1. The summed E-state index contributed by atoms with van der Waals surface area (Å²) in [6.07, 6.45) is 1.78. The van der Waals surface area contributed by atoms with E-state index in [9.17, 15) is 4.39 Å². The maximum absolute atomic E-state index is 14.0. The Hall–Kier alpha value is -2.76. The second-order valence-electron chi connectivity index (χ2n) is 7.50. The van der Waals surface area contributed by atoms with Gasteiger partial charge in [-0.3, -0.25) is 4.99 Å². The van der Waals surface area contributed by atoms with E-state index in [0.717, 1.165) is 16.7 Å². The molecule has 4 rings (SSSR count). The van der Waals surface area contributed by atoms with Crippen LogP contribution in [0.2, 0.25) is 0 Å². The Balaban J connectivity index is 1.59. The summed E-state index contributed by atoms with van der Waals surface area (Å²) >= 11 is 0. The minimum Gasteiger partial charge on any atom is -0.404 e. The minimum atomic E-state index is -0.649. The molecule has 3 nitrogen and oxygen atoms in total. The third-order valence-electron chi connectivity index (χ3n) is 5.28. The molecule has 1 aliphatic rings. The number of benzene rings is 3. The van der Waals surface area contributed by atoms with Crippen LogP contribution in [0.25, 0.3) is 0 Å². The second kappa shape index (κ2) is 8.32. The molecular formula is C24H23BFNO2. The quantitative estimate of drug-likeness (QED) is 0.471. The van der Waals surface area contributed by atoms with E-state index < -0.39 is 12.7 Å². The molecule has 0 aliphatic carbocycles. The van der Waals surface area contributed by atoms with Gasteiger partial charge in [0.15, 0.2) is 0 Å². The van der Waals surface area contributed by atoms with Crippen LogP contribution in [0, 0.1) is 5.82 Å². The standard InChI is InChI=1S/C24H23BFNO2/c1-18(19-9-5-3-6-10-19)27-16-20-13-14-22(26)15-23(20)25-28-17-24(2,29-25)21-11-7-4-8-12-21/h3-16,18H,17H2,1-2H3/t18-,24+/m1/s1. The SMILES string of the molecule is C[C@@H](N=Cc1ccc(F)cc1B1OC[C@@](C)(c2ccccc2)O1)c1ccccc1. The molecule has 0 unspecified atom stereocenters. The second-order valence-corrected chi connectivity index (χ2v) is 7.50. The Kier molecular flexibility index (Phi) is 5.61. The Labute approximate surface area is 171 Å². The average molecular weight is 387 g/mol. The predicted octanol–water partition coefficient (Wildman–Crippen LogP) is 4.66. The third kappa shape index (κ3) is 4.31. The van der Waals surface area contributed by atoms with Gasteiger partial charge >= 0.3 is 7.12 Å². The van der Waals surface area contributed by atoms with Gasteiger partial charge in [-0.15, -0.1) is 0 Å². The zero-order chi connectivity index (χ0) is 20.3. The van der Waals surface area contributed by atoms with Gasteiger partial charge in [-0.2, -0.15) is 0 Å². The summed E-state index contributed by atoms with van der Waals surface area (Å²) in [5, 5.41) is 0. The molecular weight excluding hydrogens is 364 g/mol. The number of hydrogen-bond acceptors (Lipinski definition) is 3. The highest BCUT2D eigenvalue weighted by molar-refractivity contribution is 6.63. The molecule has 5 heteroatoms. The van der Waals surface area contributed by atoms with Crippen LogP contribution in [-0.4, -0.2) is 19.9 Å². The zero-order valence-corrected chi connectivity index (χ0v) is 16.6. The maximum Gasteiger partial charge on any atom is 0.495 e. The molecule has 0 N–H and O–H groups in total. The van der Waals surface area contributed by atoms with E-state index in [4.69, 9.17) is 9.31 Å². The van der Waals surface area contributed by atoms with E-state index in [1.54, 1.807) is 12.3 Å². The van der Waals surface area contributed by atoms with Crippen molar-refractivity contribution in [2.24, 2.45) is 4.99 Å². The van der Waals surface area contributed by atoms with Gasteiger partial charge in [-0.25, -0.2) is 4.39 Å². The van der Waals surface area contributed by atoms with Crippen molar-refractivity contribution >= 4 is 18.8 Å². The van der Waals surface area contributed by atoms with E-state index in [-0.39, 0.29) is 11.9 Å². The normalized spacial score (nSPS) is 20.3. The summed E-state index contributed by atoms with van der Waals surface area (Å²) in [4.78, 5) is 4.66. The fourth-order valence-electron chi connectivity index (χ4n) is 3.51. The number of halogens is 1. The van der Waals surface area contributed by atoms with Crippen molar-refractivity contribution in [1.29, 1.82) is 0 Å². The molecule has 0 spiro atoms. The summed E-state index contributed by atoms with van der Waals surface area (Å²) in [6, 6.07) is 24.6. The number of aliphatic imine (C=N–C) groups is 1. The van der Waals surface area contributed by atoms with Crippen molar-refractivity contribution in [3.05, 3.63) is 101 Å². The Morgan fingerprint density at radius 3 is 2.45 bits per heavy atom. The van der Waals surface area contributed by atoms with Crippen molar-refractivity contribution in [3.8, 4) is 0 Å².